The molecule has 0 N–H and O–H groups in total. The molecule has 2 aromatic carbocycles. The second kappa shape index (κ2) is 9.62. The number of morpholine rings is 1. The van der Waals surface area contributed by atoms with Gasteiger partial charge in [-0.1, -0.05) is 12.1 Å². The average Bonchev–Trinajstić information content (AvgIpc) is 2.77. The molecule has 1 saturated heterocycles. The van der Waals surface area contributed by atoms with Crippen LogP contribution in [0.25, 0.3) is 22.1 Å². The van der Waals surface area contributed by atoms with Crippen molar-refractivity contribution >= 4 is 11.0 Å². The summed E-state index contributed by atoms with van der Waals surface area (Å²) in [5.41, 5.74) is 0.768. The minimum absolute atomic E-state index is 0.246. The van der Waals surface area contributed by atoms with E-state index in [1.165, 1.54) is 18.4 Å². The summed E-state index contributed by atoms with van der Waals surface area (Å²) in [6.45, 7) is 4.86. The molecule has 0 atom stereocenters. The van der Waals surface area contributed by atoms with Crippen LogP contribution >= 0.6 is 0 Å². The fourth-order valence-corrected chi connectivity index (χ4v) is 3.54. The Labute approximate surface area is 182 Å². The molecule has 3 aromatic rings. The van der Waals surface area contributed by atoms with Crippen LogP contribution < -0.4 is 14.9 Å². The molecule has 1 aliphatic heterocycles. The van der Waals surface area contributed by atoms with Gasteiger partial charge in [0, 0.05) is 25.7 Å². The minimum Gasteiger partial charge on any atom is -0.493 e. The van der Waals surface area contributed by atoms with E-state index in [0.717, 1.165) is 51.4 Å². The number of hydrogen-bond acceptors (Lipinski definition) is 6. The SMILES string of the molecule is O=c1c(-c2ccc(OC(F)(F)F)cc2)coc2cc(OCCCN3CCOCC3)ccc12. The number of hydrogen-bond donors (Lipinski definition) is 0. The van der Waals surface area contributed by atoms with Gasteiger partial charge in [0.15, 0.2) is 5.43 Å². The van der Waals surface area contributed by atoms with Crippen molar-refractivity contribution in [3.8, 4) is 22.6 Å². The fourth-order valence-electron chi connectivity index (χ4n) is 3.54. The Morgan fingerprint density at radius 2 is 1.72 bits per heavy atom. The third-order valence-electron chi connectivity index (χ3n) is 5.14. The lowest BCUT2D eigenvalue weighted by molar-refractivity contribution is -0.274. The first kappa shape index (κ1) is 22.2. The van der Waals surface area contributed by atoms with E-state index in [1.54, 1.807) is 18.2 Å². The molecule has 1 fully saturated rings. The first-order chi connectivity index (χ1) is 15.4. The van der Waals surface area contributed by atoms with Crippen molar-refractivity contribution in [3.05, 3.63) is 59.0 Å². The van der Waals surface area contributed by atoms with E-state index in [0.29, 0.717) is 28.9 Å². The number of alkyl halides is 3. The van der Waals surface area contributed by atoms with Crippen molar-refractivity contribution in [2.24, 2.45) is 0 Å². The zero-order valence-electron chi connectivity index (χ0n) is 17.2. The number of ether oxygens (including phenoxy) is 3. The third kappa shape index (κ3) is 5.60. The first-order valence-electron chi connectivity index (χ1n) is 10.2. The number of nitrogens with zero attached hydrogens (tertiary/aromatic N) is 1. The minimum atomic E-state index is -4.77. The summed E-state index contributed by atoms with van der Waals surface area (Å²) in [5, 5.41) is 0.360. The molecule has 6 nitrogen and oxygen atoms in total. The Hall–Kier alpha value is -3.04. The Balaban J connectivity index is 1.42. The van der Waals surface area contributed by atoms with Crippen LogP contribution in [-0.2, 0) is 4.74 Å². The van der Waals surface area contributed by atoms with Crippen LogP contribution in [0.3, 0.4) is 0 Å². The summed E-state index contributed by atoms with van der Waals surface area (Å²) in [7, 11) is 0. The predicted molar refractivity (Wildman–Crippen MR) is 112 cm³/mol. The molecule has 9 heteroatoms. The van der Waals surface area contributed by atoms with Crippen LogP contribution in [0, 0.1) is 0 Å². The van der Waals surface area contributed by atoms with Crippen molar-refractivity contribution in [2.45, 2.75) is 12.8 Å². The highest BCUT2D eigenvalue weighted by atomic mass is 19.4. The summed E-state index contributed by atoms with van der Waals surface area (Å²) >= 11 is 0. The van der Waals surface area contributed by atoms with Crippen LogP contribution in [0.4, 0.5) is 13.2 Å². The van der Waals surface area contributed by atoms with Crippen LogP contribution in [0.15, 0.2) is 57.9 Å². The van der Waals surface area contributed by atoms with Crippen molar-refractivity contribution in [3.63, 3.8) is 0 Å². The molecule has 0 aliphatic carbocycles. The maximum absolute atomic E-state index is 12.9. The zero-order valence-corrected chi connectivity index (χ0v) is 17.2. The molecule has 0 unspecified atom stereocenters. The van der Waals surface area contributed by atoms with Gasteiger partial charge in [0.1, 0.15) is 23.3 Å². The quantitative estimate of drug-likeness (QED) is 0.497. The molecular weight excluding hydrogens is 427 g/mol. The van der Waals surface area contributed by atoms with Gasteiger partial charge in [-0.25, -0.2) is 0 Å². The Kier molecular flexibility index (Phi) is 6.66. The molecule has 170 valence electrons. The lowest BCUT2D eigenvalue weighted by Crippen LogP contribution is -2.37. The summed E-state index contributed by atoms with van der Waals surface area (Å²) in [6.07, 6.45) is -2.60. The second-order valence-electron chi connectivity index (χ2n) is 7.36. The lowest BCUT2D eigenvalue weighted by atomic mass is 10.1. The molecule has 0 amide bonds. The van der Waals surface area contributed by atoms with Gasteiger partial charge in [0.25, 0.3) is 0 Å². The van der Waals surface area contributed by atoms with E-state index in [1.807, 2.05) is 0 Å². The topological polar surface area (TPSA) is 61.1 Å². The standard InChI is InChI=1S/C23H22F3NO5/c24-23(25,26)32-17-4-2-16(3-5-17)20-15-31-21-14-18(6-7-19(21)22(20)28)30-11-1-8-27-9-12-29-13-10-27/h2-7,14-15H,1,8-13H2. The van der Waals surface area contributed by atoms with Gasteiger partial charge in [-0.3, -0.25) is 9.69 Å². The summed E-state index contributed by atoms with van der Waals surface area (Å²) in [5.74, 6) is 0.242. The van der Waals surface area contributed by atoms with Gasteiger partial charge in [-0.05, 0) is 36.2 Å². The van der Waals surface area contributed by atoms with E-state index in [2.05, 4.69) is 9.64 Å². The van der Waals surface area contributed by atoms with E-state index in [-0.39, 0.29) is 16.7 Å². The van der Waals surface area contributed by atoms with Gasteiger partial charge in [-0.2, -0.15) is 0 Å². The average molecular weight is 449 g/mol. The molecule has 4 rings (SSSR count). The van der Waals surface area contributed by atoms with Crippen LogP contribution in [-0.4, -0.2) is 50.7 Å². The van der Waals surface area contributed by atoms with E-state index in [4.69, 9.17) is 13.9 Å². The highest BCUT2D eigenvalue weighted by molar-refractivity contribution is 5.82. The van der Waals surface area contributed by atoms with Gasteiger partial charge in [0.05, 0.1) is 30.8 Å². The highest BCUT2D eigenvalue weighted by Gasteiger charge is 2.31. The summed E-state index contributed by atoms with van der Waals surface area (Å²) in [6, 6.07) is 10.1. The first-order valence-corrected chi connectivity index (χ1v) is 10.2. The maximum Gasteiger partial charge on any atom is 0.573 e. The zero-order chi connectivity index (χ0) is 22.6. The Morgan fingerprint density at radius 3 is 2.44 bits per heavy atom. The van der Waals surface area contributed by atoms with E-state index in [9.17, 15) is 18.0 Å². The summed E-state index contributed by atoms with van der Waals surface area (Å²) in [4.78, 5) is 15.2. The second-order valence-corrected chi connectivity index (χ2v) is 7.36. The molecule has 1 aromatic heterocycles. The van der Waals surface area contributed by atoms with Crippen LogP contribution in [0.5, 0.6) is 11.5 Å². The summed E-state index contributed by atoms with van der Waals surface area (Å²) < 4.78 is 57.5. The Morgan fingerprint density at radius 1 is 1.00 bits per heavy atom. The highest BCUT2D eigenvalue weighted by Crippen LogP contribution is 2.27. The smallest absolute Gasteiger partial charge is 0.493 e. The third-order valence-corrected chi connectivity index (χ3v) is 5.14. The van der Waals surface area contributed by atoms with Crippen LogP contribution in [0.2, 0.25) is 0 Å². The van der Waals surface area contributed by atoms with E-state index >= 15 is 0 Å². The largest absolute Gasteiger partial charge is 0.573 e. The molecule has 0 bridgehead atoms. The maximum atomic E-state index is 12.9. The molecule has 0 saturated carbocycles. The van der Waals surface area contributed by atoms with Crippen molar-refractivity contribution in [2.75, 3.05) is 39.5 Å². The molecule has 0 spiro atoms. The van der Waals surface area contributed by atoms with Crippen LogP contribution in [0.1, 0.15) is 6.42 Å². The van der Waals surface area contributed by atoms with Gasteiger partial charge in [-0.15, -0.1) is 13.2 Å². The van der Waals surface area contributed by atoms with E-state index < -0.39 is 6.36 Å². The normalized spacial score (nSPS) is 15.1. The molecule has 0 radical (unpaired) electrons. The van der Waals surface area contributed by atoms with Gasteiger partial charge >= 0.3 is 6.36 Å². The predicted octanol–water partition coefficient (Wildman–Crippen LogP) is 4.46. The monoisotopic (exact) mass is 449 g/mol. The molecule has 2 heterocycles. The van der Waals surface area contributed by atoms with Crippen molar-refractivity contribution in [1.29, 1.82) is 0 Å². The fraction of sp³-hybridized carbons (Fsp3) is 0.348. The lowest BCUT2D eigenvalue weighted by Gasteiger charge is -2.26. The number of fused-ring (bicyclic) bond motifs is 1. The van der Waals surface area contributed by atoms with Gasteiger partial charge < -0.3 is 18.6 Å². The van der Waals surface area contributed by atoms with Crippen molar-refractivity contribution in [1.82, 2.24) is 4.90 Å². The van der Waals surface area contributed by atoms with Crippen molar-refractivity contribution < 1.29 is 31.8 Å². The molecule has 1 aliphatic rings. The molecular formula is C23H22F3NO5. The van der Waals surface area contributed by atoms with Gasteiger partial charge in [0.2, 0.25) is 0 Å². The molecule has 32 heavy (non-hydrogen) atoms. The number of benzene rings is 2. The Bertz CT molecular complexity index is 1110. The number of rotatable bonds is 7. The number of halogens is 3.